The van der Waals surface area contributed by atoms with Crippen molar-refractivity contribution in [3.8, 4) is 0 Å². The smallest absolute Gasteiger partial charge is 0.215 e. The van der Waals surface area contributed by atoms with E-state index in [9.17, 15) is 14.4 Å². The number of hydrogen-bond acceptors (Lipinski definition) is 7. The Morgan fingerprint density at radius 1 is 1.32 bits per heavy atom. The summed E-state index contributed by atoms with van der Waals surface area (Å²) in [5.41, 5.74) is 5.06. The topological polar surface area (TPSA) is 116 Å². The van der Waals surface area contributed by atoms with Crippen LogP contribution in [-0.4, -0.2) is 55.1 Å². The Labute approximate surface area is 137 Å². The van der Waals surface area contributed by atoms with E-state index in [2.05, 4.69) is 11.7 Å². The zero-order valence-electron chi connectivity index (χ0n) is 10.7. The van der Waals surface area contributed by atoms with Gasteiger partial charge in [-0.05, 0) is 0 Å². The van der Waals surface area contributed by atoms with Crippen molar-refractivity contribution < 1.29 is 61.7 Å². The summed E-state index contributed by atoms with van der Waals surface area (Å²) in [4.78, 5) is 31.8. The average molecular weight is 349 g/mol. The van der Waals surface area contributed by atoms with E-state index < -0.39 is 12.1 Å². The van der Waals surface area contributed by atoms with Crippen LogP contribution in [0.3, 0.4) is 0 Å². The third-order valence-corrected chi connectivity index (χ3v) is 1.95. The molecular weight excluding hydrogens is 331 g/mol. The molecule has 0 aromatic heterocycles. The zero-order valence-corrected chi connectivity index (χ0v) is 13.5. The first-order valence-electron chi connectivity index (χ1n) is 5.49. The minimum atomic E-state index is -1.17. The van der Waals surface area contributed by atoms with Crippen LogP contribution in [0.15, 0.2) is 0 Å². The molecule has 1 fully saturated rings. The van der Waals surface area contributed by atoms with Gasteiger partial charge in [0.25, 0.3) is 0 Å². The fourth-order valence-corrected chi connectivity index (χ4v) is 1.20. The largest absolute Gasteiger partial charge is 0.470 e. The number of carbonyl (C=O) groups excluding carboxylic acids is 3. The SMILES string of the molecule is NCCOCCO.[CH2-]C(=O)OC1C(=O)CCC1=O.[Y]. The van der Waals surface area contributed by atoms with Crippen molar-refractivity contribution in [2.24, 2.45) is 5.73 Å². The molecule has 19 heavy (non-hydrogen) atoms. The minimum absolute atomic E-state index is 0. The van der Waals surface area contributed by atoms with Crippen LogP contribution in [0.25, 0.3) is 0 Å². The molecule has 0 unspecified atom stereocenters. The van der Waals surface area contributed by atoms with Gasteiger partial charge in [-0.2, -0.15) is 0 Å². The van der Waals surface area contributed by atoms with Gasteiger partial charge >= 0.3 is 0 Å². The van der Waals surface area contributed by atoms with E-state index >= 15 is 0 Å². The molecule has 1 rings (SSSR count). The van der Waals surface area contributed by atoms with Crippen molar-refractivity contribution in [2.45, 2.75) is 18.9 Å². The molecule has 0 aliphatic heterocycles. The van der Waals surface area contributed by atoms with E-state index in [1.807, 2.05) is 0 Å². The van der Waals surface area contributed by atoms with Crippen LogP contribution in [0.5, 0.6) is 0 Å². The van der Waals surface area contributed by atoms with E-state index in [0.29, 0.717) is 19.8 Å². The number of ketones is 2. The molecule has 0 heterocycles. The predicted molar refractivity (Wildman–Crippen MR) is 61.4 cm³/mol. The van der Waals surface area contributed by atoms with Crippen molar-refractivity contribution in [2.75, 3.05) is 26.4 Å². The molecular formula is C11H18NO6Y-. The molecule has 0 aromatic rings. The van der Waals surface area contributed by atoms with Crippen LogP contribution in [0.2, 0.25) is 0 Å². The zero-order chi connectivity index (χ0) is 14.0. The third kappa shape index (κ3) is 10.1. The van der Waals surface area contributed by atoms with E-state index in [1.165, 1.54) is 0 Å². The van der Waals surface area contributed by atoms with E-state index in [1.54, 1.807) is 0 Å². The second kappa shape index (κ2) is 12.7. The van der Waals surface area contributed by atoms with E-state index in [0.717, 1.165) is 0 Å². The van der Waals surface area contributed by atoms with Crippen LogP contribution in [0, 0.1) is 6.92 Å². The molecule has 0 saturated heterocycles. The van der Waals surface area contributed by atoms with Crippen LogP contribution >= 0.6 is 0 Å². The summed E-state index contributed by atoms with van der Waals surface area (Å²) < 4.78 is 9.14. The van der Waals surface area contributed by atoms with Crippen molar-refractivity contribution in [3.63, 3.8) is 0 Å². The molecule has 1 radical (unpaired) electrons. The van der Waals surface area contributed by atoms with Gasteiger partial charge in [0.2, 0.25) is 6.10 Å². The Morgan fingerprint density at radius 2 is 1.84 bits per heavy atom. The fraction of sp³-hybridized carbons (Fsp3) is 0.636. The first-order chi connectivity index (χ1) is 8.52. The molecule has 0 spiro atoms. The van der Waals surface area contributed by atoms with Gasteiger partial charge in [-0.15, -0.1) is 0 Å². The summed E-state index contributed by atoms with van der Waals surface area (Å²) in [5, 5.41) is 8.13. The molecule has 7 nitrogen and oxygen atoms in total. The molecule has 3 N–H and O–H groups in total. The summed E-state index contributed by atoms with van der Waals surface area (Å²) in [7, 11) is 0. The van der Waals surface area contributed by atoms with Gasteiger partial charge in [0.15, 0.2) is 17.5 Å². The standard InChI is InChI=1S/C7H7O4.C4H11NO2.Y/c1-4(8)11-7-5(9)2-3-6(7)10;5-1-3-7-4-2-6;/h7H,1-3H2;6H,1-5H2;/q-1;;. The third-order valence-electron chi connectivity index (χ3n) is 1.95. The normalized spacial score (nSPS) is 14.4. The second-order valence-electron chi connectivity index (χ2n) is 3.43. The van der Waals surface area contributed by atoms with Gasteiger partial charge in [-0.3, -0.25) is 21.3 Å². The maximum Gasteiger partial charge on any atom is 0.215 e. The van der Waals surface area contributed by atoms with Gasteiger partial charge in [-0.1, -0.05) is 0 Å². The fourth-order valence-electron chi connectivity index (χ4n) is 1.20. The summed E-state index contributed by atoms with van der Waals surface area (Å²) in [6, 6.07) is 0. The summed E-state index contributed by atoms with van der Waals surface area (Å²) in [6.45, 7) is 4.46. The number of Topliss-reactive ketones (excluding diaryl/α,β-unsaturated/α-hetero) is 2. The van der Waals surface area contributed by atoms with Crippen molar-refractivity contribution in [3.05, 3.63) is 6.92 Å². The molecule has 107 valence electrons. The Balaban J connectivity index is 0. The molecule has 8 heteroatoms. The molecule has 1 saturated carbocycles. The number of hydrogen-bond donors (Lipinski definition) is 2. The van der Waals surface area contributed by atoms with Crippen LogP contribution in [0.4, 0.5) is 0 Å². The number of rotatable bonds is 5. The van der Waals surface area contributed by atoms with Crippen molar-refractivity contribution >= 4 is 17.5 Å². The van der Waals surface area contributed by atoms with Crippen molar-refractivity contribution in [1.29, 1.82) is 0 Å². The van der Waals surface area contributed by atoms with E-state index in [-0.39, 0.29) is 63.7 Å². The molecule has 0 bridgehead atoms. The van der Waals surface area contributed by atoms with Gasteiger partial charge in [-0.25, -0.2) is 0 Å². The quantitative estimate of drug-likeness (QED) is 0.272. The minimum Gasteiger partial charge on any atom is -0.470 e. The van der Waals surface area contributed by atoms with Crippen molar-refractivity contribution in [1.82, 2.24) is 0 Å². The number of ether oxygens (including phenoxy) is 2. The van der Waals surface area contributed by atoms with Crippen LogP contribution in [0.1, 0.15) is 12.8 Å². The number of nitrogens with two attached hydrogens (primary N) is 1. The summed E-state index contributed by atoms with van der Waals surface area (Å²) in [6.07, 6.45) is -0.812. The number of carbonyl (C=O) groups is 3. The second-order valence-corrected chi connectivity index (χ2v) is 3.43. The molecule has 0 amide bonds. The first-order valence-corrected chi connectivity index (χ1v) is 5.49. The van der Waals surface area contributed by atoms with E-state index in [4.69, 9.17) is 15.6 Å². The Hall–Kier alpha value is -0.336. The number of aliphatic hydroxyl groups is 1. The van der Waals surface area contributed by atoms with Gasteiger partial charge in [0.05, 0.1) is 19.8 Å². The summed E-state index contributed by atoms with van der Waals surface area (Å²) >= 11 is 0. The van der Waals surface area contributed by atoms with Gasteiger partial charge in [0, 0.05) is 52.1 Å². The average Bonchev–Trinajstić information content (AvgIpc) is 2.62. The van der Waals surface area contributed by atoms with Gasteiger partial charge in [0.1, 0.15) is 0 Å². The van der Waals surface area contributed by atoms with Crippen LogP contribution in [-0.2, 0) is 56.6 Å². The van der Waals surface area contributed by atoms with Crippen LogP contribution < -0.4 is 5.73 Å². The predicted octanol–water partition coefficient (Wildman–Crippen LogP) is -1.38. The Morgan fingerprint density at radius 3 is 2.21 bits per heavy atom. The maximum atomic E-state index is 10.8. The Kier molecular flexibility index (Phi) is 14.0. The maximum absolute atomic E-state index is 10.8. The molecule has 1 aliphatic carbocycles. The molecule has 0 aromatic carbocycles. The Bertz CT molecular complexity index is 277. The van der Waals surface area contributed by atoms with Gasteiger partial charge < -0.3 is 20.3 Å². The first kappa shape index (κ1) is 21.0. The summed E-state index contributed by atoms with van der Waals surface area (Å²) in [5.74, 6) is -1.49. The monoisotopic (exact) mass is 349 g/mol. The molecule has 0 atom stereocenters. The number of aliphatic hydroxyl groups excluding tert-OH is 1. The number of esters is 1. The molecule has 1 aliphatic rings.